The molecule has 1 saturated carbocycles. The highest BCUT2D eigenvalue weighted by molar-refractivity contribution is 7.99. The average Bonchev–Trinajstić information content (AvgIpc) is 2.66. The number of aliphatic carboxylic acids is 1. The molecule has 1 fully saturated rings. The summed E-state index contributed by atoms with van der Waals surface area (Å²) in [4.78, 5) is 26.0. The normalized spacial score (nSPS) is 23.4. The summed E-state index contributed by atoms with van der Waals surface area (Å²) >= 11 is 1.84. The molecule has 0 saturated heterocycles. The molecule has 3 N–H and O–H groups in total. The summed E-state index contributed by atoms with van der Waals surface area (Å²) in [6, 6.07) is -0.326. The molecule has 1 aliphatic carbocycles. The van der Waals surface area contributed by atoms with E-state index in [4.69, 9.17) is 5.11 Å². The first kappa shape index (κ1) is 14.1. The molecule has 98 valence electrons. The smallest absolute Gasteiger partial charge is 0.338 e. The molecule has 0 aliphatic heterocycles. The molecular weight excluding hydrogens is 244 g/mol. The number of urea groups is 1. The van der Waals surface area contributed by atoms with E-state index in [0.29, 0.717) is 5.25 Å². The van der Waals surface area contributed by atoms with Crippen LogP contribution in [0.25, 0.3) is 0 Å². The van der Waals surface area contributed by atoms with E-state index in [0.717, 1.165) is 25.0 Å². The highest BCUT2D eigenvalue weighted by Crippen LogP contribution is 2.29. The van der Waals surface area contributed by atoms with Crippen molar-refractivity contribution in [2.45, 2.75) is 37.5 Å². The van der Waals surface area contributed by atoms with E-state index in [9.17, 15) is 9.59 Å². The minimum Gasteiger partial charge on any atom is -0.479 e. The average molecular weight is 262 g/mol. The number of thioether (sulfide) groups is 1. The summed E-state index contributed by atoms with van der Waals surface area (Å²) in [5, 5.41) is 11.6. The second-order valence-corrected chi connectivity index (χ2v) is 5.31. The van der Waals surface area contributed by atoms with Crippen molar-refractivity contribution in [2.24, 2.45) is 0 Å². The van der Waals surface area contributed by atoms with Crippen LogP contribution in [-0.2, 0) is 9.63 Å². The molecule has 0 bridgehead atoms. The third-order valence-electron chi connectivity index (χ3n) is 2.51. The molecule has 6 nitrogen and oxygen atoms in total. The zero-order chi connectivity index (χ0) is 12.7. The number of amides is 2. The van der Waals surface area contributed by atoms with Crippen LogP contribution in [0.2, 0.25) is 0 Å². The van der Waals surface area contributed by atoms with Crippen molar-refractivity contribution >= 4 is 23.8 Å². The molecular formula is C10H18N2O4S. The van der Waals surface area contributed by atoms with Crippen molar-refractivity contribution in [3.63, 3.8) is 0 Å². The van der Waals surface area contributed by atoms with Crippen LogP contribution in [-0.4, -0.2) is 40.8 Å². The van der Waals surface area contributed by atoms with Gasteiger partial charge in [-0.25, -0.2) is 15.1 Å². The minimum absolute atomic E-state index is 0.147. The fraction of sp³-hybridized carbons (Fsp3) is 0.800. The molecule has 2 atom stereocenters. The van der Waals surface area contributed by atoms with Gasteiger partial charge in [0.05, 0.1) is 0 Å². The summed E-state index contributed by atoms with van der Waals surface area (Å²) in [5.41, 5.74) is 2.06. The van der Waals surface area contributed by atoms with Crippen LogP contribution in [0.15, 0.2) is 0 Å². The fourth-order valence-corrected chi connectivity index (χ4v) is 3.06. The number of hydrogen-bond donors (Lipinski definition) is 3. The Kier molecular flexibility index (Phi) is 6.13. The maximum Gasteiger partial charge on any atom is 0.338 e. The van der Waals surface area contributed by atoms with Crippen LogP contribution in [0.3, 0.4) is 0 Å². The Balaban J connectivity index is 2.22. The van der Waals surface area contributed by atoms with Gasteiger partial charge in [-0.3, -0.25) is 4.84 Å². The first-order chi connectivity index (χ1) is 8.13. The molecule has 17 heavy (non-hydrogen) atoms. The van der Waals surface area contributed by atoms with Crippen LogP contribution in [0.1, 0.15) is 26.2 Å². The highest BCUT2D eigenvalue weighted by Gasteiger charge is 2.28. The van der Waals surface area contributed by atoms with E-state index in [1.54, 1.807) is 0 Å². The predicted octanol–water partition coefficient (Wildman–Crippen LogP) is 0.976. The maximum absolute atomic E-state index is 11.4. The van der Waals surface area contributed by atoms with Crippen LogP contribution < -0.4 is 10.8 Å². The fourth-order valence-electron chi connectivity index (χ4n) is 1.87. The Hall–Kier alpha value is -0.950. The molecule has 1 aliphatic rings. The van der Waals surface area contributed by atoms with E-state index in [-0.39, 0.29) is 6.04 Å². The zero-order valence-electron chi connectivity index (χ0n) is 9.77. The maximum atomic E-state index is 11.4. The Morgan fingerprint density at radius 3 is 2.88 bits per heavy atom. The molecule has 7 heteroatoms. The summed E-state index contributed by atoms with van der Waals surface area (Å²) in [7, 11) is 0. The first-order valence-corrected chi connectivity index (χ1v) is 6.70. The highest BCUT2D eigenvalue weighted by atomic mass is 32.2. The number of nitrogens with one attached hydrogen (secondary N) is 2. The topological polar surface area (TPSA) is 87.7 Å². The molecule has 0 aromatic carbocycles. The molecule has 2 unspecified atom stereocenters. The van der Waals surface area contributed by atoms with Gasteiger partial charge in [-0.15, -0.1) is 0 Å². The summed E-state index contributed by atoms with van der Waals surface area (Å²) in [6.07, 6.45) is 3.18. The van der Waals surface area contributed by atoms with Crippen molar-refractivity contribution in [3.8, 4) is 0 Å². The van der Waals surface area contributed by atoms with Gasteiger partial charge in [0.1, 0.15) is 0 Å². The number of hydroxylamine groups is 1. The monoisotopic (exact) mass is 262 g/mol. The minimum atomic E-state index is -1.12. The third kappa shape index (κ3) is 5.27. The SMILES string of the molecule is CCSC1CCCC1NC(=O)NOCC(=O)O. The van der Waals surface area contributed by atoms with E-state index >= 15 is 0 Å². The number of carboxylic acids is 1. The van der Waals surface area contributed by atoms with Crippen molar-refractivity contribution in [1.29, 1.82) is 0 Å². The lowest BCUT2D eigenvalue weighted by molar-refractivity contribution is -0.144. The lowest BCUT2D eigenvalue weighted by atomic mass is 10.2. The molecule has 0 aromatic heterocycles. The number of carboxylic acid groups (broad SMARTS) is 1. The van der Waals surface area contributed by atoms with Crippen molar-refractivity contribution in [1.82, 2.24) is 10.8 Å². The summed E-state index contributed by atoms with van der Waals surface area (Å²) in [5.74, 6) is -0.0921. The van der Waals surface area contributed by atoms with Gasteiger partial charge in [-0.1, -0.05) is 13.3 Å². The Labute approximate surface area is 104 Å². The number of hydrogen-bond acceptors (Lipinski definition) is 4. The molecule has 1 rings (SSSR count). The predicted molar refractivity (Wildman–Crippen MR) is 64.8 cm³/mol. The number of rotatable bonds is 6. The molecule has 0 heterocycles. The van der Waals surface area contributed by atoms with E-state index in [1.807, 2.05) is 11.8 Å². The van der Waals surface area contributed by atoms with Gasteiger partial charge < -0.3 is 10.4 Å². The van der Waals surface area contributed by atoms with Crippen LogP contribution in [0.4, 0.5) is 4.79 Å². The van der Waals surface area contributed by atoms with Crippen molar-refractivity contribution in [2.75, 3.05) is 12.4 Å². The van der Waals surface area contributed by atoms with Crippen LogP contribution in [0.5, 0.6) is 0 Å². The second kappa shape index (κ2) is 7.39. The molecule has 2 amide bonds. The lowest BCUT2D eigenvalue weighted by Gasteiger charge is -2.19. The number of carbonyl (C=O) groups is 2. The second-order valence-electron chi connectivity index (χ2n) is 3.79. The quantitative estimate of drug-likeness (QED) is 0.621. The largest absolute Gasteiger partial charge is 0.479 e. The lowest BCUT2D eigenvalue weighted by Crippen LogP contribution is -2.45. The third-order valence-corrected chi connectivity index (χ3v) is 3.84. The van der Waals surface area contributed by atoms with Crippen molar-refractivity contribution in [3.05, 3.63) is 0 Å². The van der Waals surface area contributed by atoms with E-state index in [1.165, 1.54) is 0 Å². The van der Waals surface area contributed by atoms with Gasteiger partial charge in [0.25, 0.3) is 0 Å². The van der Waals surface area contributed by atoms with Crippen molar-refractivity contribution < 1.29 is 19.5 Å². The van der Waals surface area contributed by atoms with E-state index < -0.39 is 18.6 Å². The Morgan fingerprint density at radius 2 is 2.24 bits per heavy atom. The molecule has 0 spiro atoms. The summed E-state index contributed by atoms with van der Waals surface area (Å²) in [6.45, 7) is 1.56. The van der Waals surface area contributed by atoms with Gasteiger partial charge in [0.2, 0.25) is 0 Å². The zero-order valence-corrected chi connectivity index (χ0v) is 10.6. The Bertz CT molecular complexity index is 275. The first-order valence-electron chi connectivity index (χ1n) is 5.65. The van der Waals surface area contributed by atoms with Gasteiger partial charge in [0, 0.05) is 11.3 Å². The van der Waals surface area contributed by atoms with Gasteiger partial charge in [0.15, 0.2) is 6.61 Å². The Morgan fingerprint density at radius 1 is 1.47 bits per heavy atom. The van der Waals surface area contributed by atoms with Crippen LogP contribution >= 0.6 is 11.8 Å². The molecule has 0 aromatic rings. The number of carbonyl (C=O) groups excluding carboxylic acids is 1. The summed E-state index contributed by atoms with van der Waals surface area (Å²) < 4.78 is 0. The van der Waals surface area contributed by atoms with Crippen LogP contribution in [0, 0.1) is 0 Å². The van der Waals surface area contributed by atoms with Gasteiger partial charge >= 0.3 is 12.0 Å². The van der Waals surface area contributed by atoms with Gasteiger partial charge in [-0.2, -0.15) is 11.8 Å². The standard InChI is InChI=1S/C10H18N2O4S/c1-2-17-8-5-3-4-7(8)11-10(15)12-16-6-9(13)14/h7-8H,2-6H2,1H3,(H,13,14)(H2,11,12,15). The van der Waals surface area contributed by atoms with Gasteiger partial charge in [-0.05, 0) is 18.6 Å². The van der Waals surface area contributed by atoms with E-state index in [2.05, 4.69) is 22.6 Å². The molecule has 0 radical (unpaired) electrons.